The van der Waals surface area contributed by atoms with Crippen LogP contribution in [0, 0.1) is 19.8 Å². The highest BCUT2D eigenvalue weighted by Gasteiger charge is 2.34. The van der Waals surface area contributed by atoms with E-state index in [0.717, 1.165) is 21.5 Å². The molecule has 1 aromatic carbocycles. The molecule has 0 aliphatic carbocycles. The van der Waals surface area contributed by atoms with Crippen molar-refractivity contribution in [2.24, 2.45) is 5.92 Å². The van der Waals surface area contributed by atoms with Crippen LogP contribution in [0.25, 0.3) is 10.2 Å². The Morgan fingerprint density at radius 1 is 1.26 bits per heavy atom. The van der Waals surface area contributed by atoms with Gasteiger partial charge in [0, 0.05) is 19.3 Å². The van der Waals surface area contributed by atoms with E-state index in [1.807, 2.05) is 31.2 Å². The fourth-order valence-electron chi connectivity index (χ4n) is 3.84. The standard InChI is InChI=1S/C22H26N4O3S2/c1-15-11-19-20(12-16(15)2)30-22(24-19)26(14-18-8-4-5-9-23-18)21(27)17-7-6-10-25(13-17)31(3,28)29/h4-5,8-9,11-12,17H,6-7,10,13-14H2,1-3H3. The van der Waals surface area contributed by atoms with Crippen molar-refractivity contribution in [3.05, 3.63) is 53.3 Å². The van der Waals surface area contributed by atoms with E-state index in [1.165, 1.54) is 27.5 Å². The Hall–Kier alpha value is -2.36. The quantitative estimate of drug-likeness (QED) is 0.584. The number of fused-ring (bicyclic) bond motifs is 1. The average molecular weight is 459 g/mol. The highest BCUT2D eigenvalue weighted by atomic mass is 32.2. The van der Waals surface area contributed by atoms with Crippen LogP contribution in [0.1, 0.15) is 29.7 Å². The lowest BCUT2D eigenvalue weighted by molar-refractivity contribution is -0.123. The molecule has 3 aromatic rings. The third-order valence-electron chi connectivity index (χ3n) is 5.74. The number of nitrogens with zero attached hydrogens (tertiary/aromatic N) is 4. The molecule has 3 heterocycles. The maximum atomic E-state index is 13.6. The van der Waals surface area contributed by atoms with Gasteiger partial charge >= 0.3 is 0 Å². The normalized spacial score (nSPS) is 17.7. The number of piperidine rings is 1. The Balaban J connectivity index is 1.70. The zero-order valence-corrected chi connectivity index (χ0v) is 19.5. The molecule has 7 nitrogen and oxygen atoms in total. The number of aromatic nitrogens is 2. The van der Waals surface area contributed by atoms with Crippen LogP contribution < -0.4 is 4.90 Å². The third kappa shape index (κ3) is 4.78. The molecule has 31 heavy (non-hydrogen) atoms. The van der Waals surface area contributed by atoms with Gasteiger partial charge in [-0.05, 0) is 62.1 Å². The summed E-state index contributed by atoms with van der Waals surface area (Å²) in [5, 5.41) is 0.618. The van der Waals surface area contributed by atoms with Crippen molar-refractivity contribution in [2.45, 2.75) is 33.2 Å². The summed E-state index contributed by atoms with van der Waals surface area (Å²) in [5.41, 5.74) is 3.96. The van der Waals surface area contributed by atoms with Gasteiger partial charge in [0.15, 0.2) is 5.13 Å². The van der Waals surface area contributed by atoms with Gasteiger partial charge in [-0.1, -0.05) is 17.4 Å². The fraction of sp³-hybridized carbons (Fsp3) is 0.409. The number of carbonyl (C=O) groups is 1. The van der Waals surface area contributed by atoms with Crippen molar-refractivity contribution in [1.29, 1.82) is 0 Å². The molecule has 0 saturated carbocycles. The van der Waals surface area contributed by atoms with Crippen LogP contribution in [-0.2, 0) is 21.4 Å². The topological polar surface area (TPSA) is 83.5 Å². The first kappa shape index (κ1) is 21.9. The first-order valence-corrected chi connectivity index (χ1v) is 12.9. The molecule has 1 unspecified atom stereocenters. The minimum absolute atomic E-state index is 0.105. The van der Waals surface area contributed by atoms with E-state index >= 15 is 0 Å². The number of pyridine rings is 1. The second-order valence-electron chi connectivity index (χ2n) is 8.11. The van der Waals surface area contributed by atoms with Crippen LogP contribution in [0.15, 0.2) is 36.5 Å². The predicted octanol–water partition coefficient (Wildman–Crippen LogP) is 3.51. The number of amides is 1. The second-order valence-corrected chi connectivity index (χ2v) is 11.1. The zero-order valence-electron chi connectivity index (χ0n) is 17.9. The zero-order chi connectivity index (χ0) is 22.2. The summed E-state index contributed by atoms with van der Waals surface area (Å²) < 4.78 is 26.5. The lowest BCUT2D eigenvalue weighted by Crippen LogP contribution is -2.46. The summed E-state index contributed by atoms with van der Waals surface area (Å²) in [6.07, 6.45) is 4.23. The molecular weight excluding hydrogens is 432 g/mol. The Bertz CT molecular complexity index is 1170. The van der Waals surface area contributed by atoms with E-state index in [-0.39, 0.29) is 12.5 Å². The number of anilines is 1. The van der Waals surface area contributed by atoms with E-state index in [2.05, 4.69) is 18.0 Å². The number of hydrogen-bond donors (Lipinski definition) is 0. The Morgan fingerprint density at radius 2 is 2.03 bits per heavy atom. The van der Waals surface area contributed by atoms with E-state index in [4.69, 9.17) is 4.98 Å². The Morgan fingerprint density at radius 3 is 2.74 bits per heavy atom. The molecular formula is C22H26N4O3S2. The minimum atomic E-state index is -3.33. The van der Waals surface area contributed by atoms with Gasteiger partial charge in [-0.15, -0.1) is 0 Å². The van der Waals surface area contributed by atoms with E-state index in [1.54, 1.807) is 11.1 Å². The van der Waals surface area contributed by atoms with Gasteiger partial charge in [0.1, 0.15) is 0 Å². The van der Waals surface area contributed by atoms with Crippen molar-refractivity contribution < 1.29 is 13.2 Å². The molecule has 0 bridgehead atoms. The number of aryl methyl sites for hydroxylation is 2. The SMILES string of the molecule is Cc1cc2nc(N(Cc3ccccn3)C(=O)C3CCCN(S(C)(=O)=O)C3)sc2cc1C. The molecule has 1 saturated heterocycles. The van der Waals surface area contributed by atoms with Crippen molar-refractivity contribution in [3.63, 3.8) is 0 Å². The monoisotopic (exact) mass is 458 g/mol. The first-order valence-electron chi connectivity index (χ1n) is 10.3. The lowest BCUT2D eigenvalue weighted by atomic mass is 9.98. The second kappa shape index (κ2) is 8.64. The highest BCUT2D eigenvalue weighted by Crippen LogP contribution is 2.33. The largest absolute Gasteiger partial charge is 0.282 e. The van der Waals surface area contributed by atoms with E-state index in [0.29, 0.717) is 31.1 Å². The molecule has 1 amide bonds. The van der Waals surface area contributed by atoms with Crippen LogP contribution in [0.2, 0.25) is 0 Å². The van der Waals surface area contributed by atoms with Crippen LogP contribution in [0.5, 0.6) is 0 Å². The number of carbonyl (C=O) groups excluding carboxylic acids is 1. The third-order valence-corrected chi connectivity index (χ3v) is 8.05. The summed E-state index contributed by atoms with van der Waals surface area (Å²) in [4.78, 5) is 24.4. The number of sulfonamides is 1. The highest BCUT2D eigenvalue weighted by molar-refractivity contribution is 7.88. The lowest BCUT2D eigenvalue weighted by Gasteiger charge is -2.32. The van der Waals surface area contributed by atoms with Crippen molar-refractivity contribution in [2.75, 3.05) is 24.2 Å². The molecule has 1 aliphatic rings. The van der Waals surface area contributed by atoms with Gasteiger partial charge in [-0.25, -0.2) is 17.7 Å². The number of thiazole rings is 1. The van der Waals surface area contributed by atoms with Gasteiger partial charge in [-0.3, -0.25) is 14.7 Å². The predicted molar refractivity (Wildman–Crippen MR) is 124 cm³/mol. The molecule has 1 atom stereocenters. The van der Waals surface area contributed by atoms with Crippen molar-refractivity contribution >= 4 is 42.6 Å². The Labute approximate surface area is 186 Å². The van der Waals surface area contributed by atoms with E-state index < -0.39 is 15.9 Å². The van der Waals surface area contributed by atoms with Gasteiger partial charge in [0.2, 0.25) is 15.9 Å². The molecule has 2 aromatic heterocycles. The van der Waals surface area contributed by atoms with Crippen LogP contribution in [-0.4, -0.2) is 47.9 Å². The molecule has 0 radical (unpaired) electrons. The van der Waals surface area contributed by atoms with E-state index in [9.17, 15) is 13.2 Å². The summed E-state index contributed by atoms with van der Waals surface area (Å²) in [6, 6.07) is 9.75. The van der Waals surface area contributed by atoms with Crippen molar-refractivity contribution in [1.82, 2.24) is 14.3 Å². The molecule has 0 N–H and O–H groups in total. The molecule has 9 heteroatoms. The average Bonchev–Trinajstić information content (AvgIpc) is 3.14. The van der Waals surface area contributed by atoms with Crippen molar-refractivity contribution in [3.8, 4) is 0 Å². The van der Waals surface area contributed by atoms with Crippen LogP contribution >= 0.6 is 11.3 Å². The fourth-order valence-corrected chi connectivity index (χ4v) is 5.80. The molecule has 1 fully saturated rings. The molecule has 4 rings (SSSR count). The van der Waals surface area contributed by atoms with Gasteiger partial charge in [0.05, 0.1) is 34.6 Å². The molecule has 164 valence electrons. The van der Waals surface area contributed by atoms with Gasteiger partial charge in [0.25, 0.3) is 0 Å². The summed E-state index contributed by atoms with van der Waals surface area (Å²) in [7, 11) is -3.33. The smallest absolute Gasteiger partial charge is 0.233 e. The maximum absolute atomic E-state index is 13.6. The summed E-state index contributed by atoms with van der Waals surface area (Å²) in [6.45, 7) is 5.08. The number of rotatable bonds is 5. The Kier molecular flexibility index (Phi) is 6.09. The van der Waals surface area contributed by atoms with Crippen LogP contribution in [0.4, 0.5) is 5.13 Å². The minimum Gasteiger partial charge on any atom is -0.282 e. The number of benzene rings is 1. The number of hydrogen-bond acceptors (Lipinski definition) is 6. The maximum Gasteiger partial charge on any atom is 0.233 e. The molecule has 0 spiro atoms. The van der Waals surface area contributed by atoms with Gasteiger partial charge in [-0.2, -0.15) is 0 Å². The molecule has 1 aliphatic heterocycles. The summed E-state index contributed by atoms with van der Waals surface area (Å²) in [5.74, 6) is -0.505. The van der Waals surface area contributed by atoms with Crippen LogP contribution in [0.3, 0.4) is 0 Å². The first-order chi connectivity index (χ1) is 14.7. The summed E-state index contributed by atoms with van der Waals surface area (Å²) >= 11 is 1.48. The van der Waals surface area contributed by atoms with Gasteiger partial charge < -0.3 is 0 Å².